The molecular weight excluding hydrogens is 438 g/mol. The summed E-state index contributed by atoms with van der Waals surface area (Å²) in [6, 6.07) is 20.0. The minimum atomic E-state index is -0.241. The molecule has 0 N–H and O–H groups in total. The molecule has 178 valence electrons. The second-order valence-corrected chi connectivity index (χ2v) is 9.21. The average molecular weight is 468 g/mol. The van der Waals surface area contributed by atoms with Gasteiger partial charge in [-0.15, -0.1) is 0 Å². The lowest BCUT2D eigenvalue weighted by Gasteiger charge is -2.41. The molecule has 0 spiro atoms. The Hall–Kier alpha value is -4.00. The molecule has 1 aliphatic heterocycles. The van der Waals surface area contributed by atoms with E-state index in [0.717, 1.165) is 23.2 Å². The highest BCUT2D eigenvalue weighted by molar-refractivity contribution is 5.84. The fourth-order valence-corrected chi connectivity index (χ4v) is 4.77. The van der Waals surface area contributed by atoms with E-state index in [1.165, 1.54) is 15.9 Å². The van der Waals surface area contributed by atoms with Gasteiger partial charge in [0.15, 0.2) is 0 Å². The minimum Gasteiger partial charge on any atom is -0.365 e. The maximum Gasteiger partial charge on any atom is 0.275 e. The maximum atomic E-state index is 13.3. The second kappa shape index (κ2) is 9.70. The Balaban J connectivity index is 1.36. The zero-order valence-electron chi connectivity index (χ0n) is 20.1. The summed E-state index contributed by atoms with van der Waals surface area (Å²) < 4.78 is 1.33. The molecule has 0 unspecified atom stereocenters. The molecule has 0 bridgehead atoms. The van der Waals surface area contributed by atoms with Crippen LogP contribution in [0, 0.1) is 6.92 Å². The topological polar surface area (TPSA) is 71.3 Å². The third-order valence-corrected chi connectivity index (χ3v) is 6.67. The van der Waals surface area contributed by atoms with Crippen LogP contribution in [0.15, 0.2) is 77.9 Å². The smallest absolute Gasteiger partial charge is 0.275 e. The van der Waals surface area contributed by atoms with Crippen molar-refractivity contribution in [2.45, 2.75) is 32.9 Å². The number of pyridine rings is 1. The number of nitrogens with zero attached hydrogens (tertiary/aromatic N) is 5. The van der Waals surface area contributed by atoms with E-state index in [2.05, 4.69) is 53.1 Å². The largest absolute Gasteiger partial charge is 0.365 e. The van der Waals surface area contributed by atoms with Crippen molar-refractivity contribution in [2.24, 2.45) is 0 Å². The number of anilines is 1. The Bertz CT molecular complexity index is 1400. The number of rotatable bonds is 5. The lowest BCUT2D eigenvalue weighted by molar-refractivity contribution is -0.132. The predicted molar refractivity (Wildman–Crippen MR) is 138 cm³/mol. The highest BCUT2D eigenvalue weighted by Gasteiger charge is 2.27. The summed E-state index contributed by atoms with van der Waals surface area (Å²) in [4.78, 5) is 34.8. The molecule has 1 fully saturated rings. The SMILES string of the molecule is Cc1ccc(N2CCN(C(=O)Cn3nc(Cc4cccnc4)c4ccccc4c3=O)C[C@@H]2C)cc1. The van der Waals surface area contributed by atoms with Crippen molar-refractivity contribution in [2.75, 3.05) is 24.5 Å². The predicted octanol–water partition coefficient (Wildman–Crippen LogP) is 3.43. The van der Waals surface area contributed by atoms with Gasteiger partial charge in [0.25, 0.3) is 5.56 Å². The monoisotopic (exact) mass is 467 g/mol. The number of aryl methyl sites for hydroxylation is 1. The number of aromatic nitrogens is 3. The Labute approximate surface area is 204 Å². The highest BCUT2D eigenvalue weighted by atomic mass is 16.2. The van der Waals surface area contributed by atoms with Gasteiger partial charge in [-0.1, -0.05) is 42.0 Å². The van der Waals surface area contributed by atoms with Crippen molar-refractivity contribution in [1.29, 1.82) is 0 Å². The molecule has 5 rings (SSSR count). The van der Waals surface area contributed by atoms with Crippen LogP contribution in [0.1, 0.15) is 23.7 Å². The lowest BCUT2D eigenvalue weighted by Crippen LogP contribution is -2.54. The summed E-state index contributed by atoms with van der Waals surface area (Å²) in [5.41, 5.74) is 3.92. The van der Waals surface area contributed by atoms with Crippen molar-refractivity contribution in [3.63, 3.8) is 0 Å². The van der Waals surface area contributed by atoms with Crippen molar-refractivity contribution in [3.05, 3.63) is 100 Å². The van der Waals surface area contributed by atoms with Crippen molar-refractivity contribution >= 4 is 22.4 Å². The number of carbonyl (C=O) groups is 1. The summed E-state index contributed by atoms with van der Waals surface area (Å²) in [5, 5.41) is 6.03. The first-order chi connectivity index (χ1) is 17.0. The molecule has 2 aromatic carbocycles. The van der Waals surface area contributed by atoms with E-state index >= 15 is 0 Å². The Morgan fingerprint density at radius 1 is 1.00 bits per heavy atom. The normalized spacial score (nSPS) is 16.0. The number of fused-ring (bicyclic) bond motifs is 1. The molecule has 3 heterocycles. The molecule has 1 saturated heterocycles. The number of benzene rings is 2. The first kappa shape index (κ1) is 22.8. The van der Waals surface area contributed by atoms with E-state index in [9.17, 15) is 9.59 Å². The number of carbonyl (C=O) groups excluding carboxylic acids is 1. The van der Waals surface area contributed by atoms with Crippen LogP contribution in [-0.2, 0) is 17.8 Å². The van der Waals surface area contributed by atoms with Gasteiger partial charge >= 0.3 is 0 Å². The molecule has 4 aromatic rings. The van der Waals surface area contributed by atoms with E-state index in [-0.39, 0.29) is 24.1 Å². The van der Waals surface area contributed by atoms with Crippen molar-refractivity contribution in [1.82, 2.24) is 19.7 Å². The van der Waals surface area contributed by atoms with Gasteiger partial charge in [-0.2, -0.15) is 5.10 Å². The number of piperazine rings is 1. The van der Waals surface area contributed by atoms with Gasteiger partial charge < -0.3 is 9.80 Å². The van der Waals surface area contributed by atoms with Crippen LogP contribution >= 0.6 is 0 Å². The van der Waals surface area contributed by atoms with E-state index in [1.807, 2.05) is 35.2 Å². The first-order valence-corrected chi connectivity index (χ1v) is 12.0. The molecule has 1 amide bonds. The summed E-state index contributed by atoms with van der Waals surface area (Å²) in [6.07, 6.45) is 4.06. The van der Waals surface area contributed by atoms with Gasteiger partial charge in [-0.3, -0.25) is 14.6 Å². The molecule has 7 heteroatoms. The molecule has 1 aliphatic rings. The van der Waals surface area contributed by atoms with E-state index in [1.54, 1.807) is 18.5 Å². The molecule has 1 atom stereocenters. The highest BCUT2D eigenvalue weighted by Crippen LogP contribution is 2.21. The van der Waals surface area contributed by atoms with Gasteiger partial charge in [0.2, 0.25) is 5.91 Å². The Morgan fingerprint density at radius 3 is 2.49 bits per heavy atom. The average Bonchev–Trinajstić information content (AvgIpc) is 2.88. The standard InChI is InChI=1S/C28H29N5O2/c1-20-9-11-23(12-10-20)32-15-14-31(18-21(32)2)27(34)19-33-28(35)25-8-4-3-7-24(25)26(30-33)16-22-6-5-13-29-17-22/h3-13,17,21H,14-16,18-19H2,1-2H3/t21-/m0/s1. The van der Waals surface area contributed by atoms with E-state index in [4.69, 9.17) is 0 Å². The van der Waals surface area contributed by atoms with Crippen LogP contribution in [0.2, 0.25) is 0 Å². The fourth-order valence-electron chi connectivity index (χ4n) is 4.77. The van der Waals surface area contributed by atoms with Crippen LogP contribution in [-0.4, -0.2) is 51.2 Å². The number of amides is 1. The first-order valence-electron chi connectivity index (χ1n) is 12.0. The number of hydrogen-bond donors (Lipinski definition) is 0. The molecule has 0 radical (unpaired) electrons. The van der Waals surface area contributed by atoms with Gasteiger partial charge in [0.05, 0.1) is 11.1 Å². The molecule has 7 nitrogen and oxygen atoms in total. The second-order valence-electron chi connectivity index (χ2n) is 9.21. The lowest BCUT2D eigenvalue weighted by atomic mass is 10.1. The quantitative estimate of drug-likeness (QED) is 0.450. The van der Waals surface area contributed by atoms with Crippen LogP contribution in [0.4, 0.5) is 5.69 Å². The third-order valence-electron chi connectivity index (χ3n) is 6.67. The third kappa shape index (κ3) is 4.80. The van der Waals surface area contributed by atoms with Gasteiger partial charge in [-0.05, 0) is 43.7 Å². The molecule has 0 aliphatic carbocycles. The molecular formula is C28H29N5O2. The molecule has 2 aromatic heterocycles. The van der Waals surface area contributed by atoms with Crippen LogP contribution < -0.4 is 10.5 Å². The van der Waals surface area contributed by atoms with Crippen molar-refractivity contribution in [3.8, 4) is 0 Å². The zero-order chi connectivity index (χ0) is 24.4. The fraction of sp³-hybridized carbons (Fsp3) is 0.286. The summed E-state index contributed by atoms with van der Waals surface area (Å²) in [7, 11) is 0. The maximum absolute atomic E-state index is 13.3. The van der Waals surface area contributed by atoms with Gasteiger partial charge in [-0.25, -0.2) is 4.68 Å². The summed E-state index contributed by atoms with van der Waals surface area (Å²) in [6.45, 7) is 6.11. The molecule has 0 saturated carbocycles. The summed E-state index contributed by atoms with van der Waals surface area (Å²) in [5.74, 6) is -0.0855. The van der Waals surface area contributed by atoms with E-state index < -0.39 is 0 Å². The van der Waals surface area contributed by atoms with Crippen LogP contribution in [0.5, 0.6) is 0 Å². The zero-order valence-corrected chi connectivity index (χ0v) is 20.1. The Kier molecular flexibility index (Phi) is 6.31. The van der Waals surface area contributed by atoms with Gasteiger partial charge in [0, 0.05) is 55.6 Å². The van der Waals surface area contributed by atoms with Gasteiger partial charge in [0.1, 0.15) is 6.54 Å². The van der Waals surface area contributed by atoms with Crippen LogP contribution in [0.25, 0.3) is 10.8 Å². The Morgan fingerprint density at radius 2 is 1.77 bits per heavy atom. The molecule has 35 heavy (non-hydrogen) atoms. The van der Waals surface area contributed by atoms with Crippen LogP contribution in [0.3, 0.4) is 0 Å². The number of hydrogen-bond acceptors (Lipinski definition) is 5. The summed E-state index contributed by atoms with van der Waals surface area (Å²) >= 11 is 0. The van der Waals surface area contributed by atoms with Crippen molar-refractivity contribution < 1.29 is 4.79 Å². The van der Waals surface area contributed by atoms with E-state index in [0.29, 0.717) is 24.9 Å². The minimum absolute atomic E-state index is 0.0685.